The summed E-state index contributed by atoms with van der Waals surface area (Å²) in [5, 5.41) is 3.83. The van der Waals surface area contributed by atoms with Crippen LogP contribution in [0, 0.1) is 5.41 Å². The highest BCUT2D eigenvalue weighted by Crippen LogP contribution is 2.54. The van der Waals surface area contributed by atoms with Gasteiger partial charge in [0.25, 0.3) is 0 Å². The molecule has 1 aromatic carbocycles. The third-order valence-corrected chi connectivity index (χ3v) is 11.4. The van der Waals surface area contributed by atoms with Crippen LogP contribution in [-0.2, 0) is 22.2 Å². The summed E-state index contributed by atoms with van der Waals surface area (Å²) in [6.45, 7) is 0.0941. The number of benzene rings is 1. The molecule has 0 amide bonds. The standard InChI is InChI=1S/C34H59FNO4PS/c1-39-41(37,38)40-32-20-19-30(27-31(32)29-35)21-24-36-33-28-34(33)22-15-11-9-7-5-3-2-4-6-8-10-13-17-25-42-26-18-14-12-16-23-34/h19-20,27,33,36H,2-18,21-26,28-29H2,1H3,(H,37,38). The average Bonchev–Trinajstić information content (AvgIpc) is 3.67. The van der Waals surface area contributed by atoms with Gasteiger partial charge in [-0.3, -0.25) is 9.42 Å². The van der Waals surface area contributed by atoms with E-state index in [1.807, 2.05) is 6.07 Å². The van der Waals surface area contributed by atoms with Gasteiger partial charge in [0.15, 0.2) is 0 Å². The molecule has 1 saturated carbocycles. The first-order valence-electron chi connectivity index (χ1n) is 17.0. The normalized spacial score (nSPS) is 26.3. The van der Waals surface area contributed by atoms with Gasteiger partial charge in [-0.2, -0.15) is 11.8 Å². The van der Waals surface area contributed by atoms with Crippen molar-refractivity contribution in [1.82, 2.24) is 5.32 Å². The molecule has 1 saturated heterocycles. The number of alkyl halides is 1. The lowest BCUT2D eigenvalue weighted by Gasteiger charge is -2.19. The minimum Gasteiger partial charge on any atom is -0.404 e. The molecule has 1 spiro atoms. The highest BCUT2D eigenvalue weighted by molar-refractivity contribution is 7.99. The van der Waals surface area contributed by atoms with Crippen molar-refractivity contribution in [3.8, 4) is 5.75 Å². The van der Waals surface area contributed by atoms with E-state index in [2.05, 4.69) is 21.6 Å². The number of phosphoric acid groups is 1. The average molecular weight is 628 g/mol. The Hall–Kier alpha value is -0.590. The summed E-state index contributed by atoms with van der Waals surface area (Å²) in [5.74, 6) is 2.74. The maximum absolute atomic E-state index is 13.6. The number of phosphoric ester groups is 1. The third kappa shape index (κ3) is 14.0. The fourth-order valence-electron chi connectivity index (χ4n) is 6.61. The fraction of sp³-hybridized carbons (Fsp3) is 0.824. The van der Waals surface area contributed by atoms with E-state index in [1.165, 1.54) is 140 Å². The molecule has 0 radical (unpaired) electrons. The molecular weight excluding hydrogens is 568 g/mol. The van der Waals surface area contributed by atoms with Crippen LogP contribution in [0.25, 0.3) is 0 Å². The van der Waals surface area contributed by atoms with E-state index in [9.17, 15) is 13.8 Å². The molecule has 3 rings (SSSR count). The second-order valence-electron chi connectivity index (χ2n) is 12.8. The monoisotopic (exact) mass is 627 g/mol. The van der Waals surface area contributed by atoms with Crippen molar-refractivity contribution in [3.63, 3.8) is 0 Å². The molecule has 3 atom stereocenters. The van der Waals surface area contributed by atoms with Gasteiger partial charge in [0.2, 0.25) is 0 Å². The lowest BCUT2D eigenvalue weighted by molar-refractivity contribution is 0.241. The summed E-state index contributed by atoms with van der Waals surface area (Å²) in [7, 11) is -3.12. The highest BCUT2D eigenvalue weighted by atomic mass is 32.2. The van der Waals surface area contributed by atoms with Crippen LogP contribution in [0.5, 0.6) is 5.75 Å². The van der Waals surface area contributed by atoms with Gasteiger partial charge in [-0.1, -0.05) is 102 Å². The number of hydrogen-bond donors (Lipinski definition) is 2. The van der Waals surface area contributed by atoms with Crippen LogP contribution in [-0.4, -0.2) is 36.1 Å². The molecule has 8 heteroatoms. The summed E-state index contributed by atoms with van der Waals surface area (Å²) in [6, 6.07) is 5.74. The number of thioether (sulfide) groups is 1. The zero-order valence-electron chi connectivity index (χ0n) is 26.4. The molecule has 42 heavy (non-hydrogen) atoms. The second kappa shape index (κ2) is 20.4. The van der Waals surface area contributed by atoms with Gasteiger partial charge in [-0.15, -0.1) is 0 Å². The Labute approximate surface area is 260 Å². The SMILES string of the molecule is COP(=O)(O)Oc1ccc(CCNC2CC23CCCCCCCCCCCCCCCSCCCCCC3)cc1CF. The molecule has 0 aromatic heterocycles. The van der Waals surface area contributed by atoms with Crippen molar-refractivity contribution in [3.05, 3.63) is 29.3 Å². The summed E-state index contributed by atoms with van der Waals surface area (Å²) < 4.78 is 34.9. The number of rotatable bonds is 8. The van der Waals surface area contributed by atoms with E-state index in [0.29, 0.717) is 11.5 Å². The molecular formula is C34H59FNO4PS. The Morgan fingerprint density at radius 2 is 1.40 bits per heavy atom. The van der Waals surface area contributed by atoms with Gasteiger partial charge in [0.05, 0.1) is 0 Å². The molecule has 5 nitrogen and oxygen atoms in total. The summed E-state index contributed by atoms with van der Waals surface area (Å²) in [6.07, 6.45) is 28.6. The molecule has 242 valence electrons. The Kier molecular flexibility index (Phi) is 17.5. The quantitative estimate of drug-likeness (QED) is 0.280. The molecule has 1 heterocycles. The predicted molar refractivity (Wildman–Crippen MR) is 176 cm³/mol. The summed E-state index contributed by atoms with van der Waals surface area (Å²) in [4.78, 5) is 9.59. The molecule has 3 unspecified atom stereocenters. The molecule has 1 aliphatic heterocycles. The maximum Gasteiger partial charge on any atom is 0.527 e. The molecule has 2 aliphatic rings. The molecule has 0 bridgehead atoms. The van der Waals surface area contributed by atoms with Crippen molar-refractivity contribution in [1.29, 1.82) is 0 Å². The Bertz CT molecular complexity index is 896. The minimum atomic E-state index is -4.21. The summed E-state index contributed by atoms with van der Waals surface area (Å²) >= 11 is 2.17. The molecule has 2 fully saturated rings. The van der Waals surface area contributed by atoms with Gasteiger partial charge in [-0.05, 0) is 79.7 Å². The minimum absolute atomic E-state index is 0.0614. The van der Waals surface area contributed by atoms with Gasteiger partial charge in [0, 0.05) is 18.7 Å². The van der Waals surface area contributed by atoms with E-state index in [4.69, 9.17) is 4.52 Å². The maximum atomic E-state index is 13.6. The first-order chi connectivity index (χ1) is 20.5. The lowest BCUT2D eigenvalue weighted by atomic mass is 9.90. The van der Waals surface area contributed by atoms with Crippen molar-refractivity contribution >= 4 is 19.6 Å². The van der Waals surface area contributed by atoms with Crippen molar-refractivity contribution < 1.29 is 22.9 Å². The predicted octanol–water partition coefficient (Wildman–Crippen LogP) is 10.3. The number of halogens is 1. The van der Waals surface area contributed by atoms with Crippen LogP contribution in [0.15, 0.2) is 18.2 Å². The Balaban J connectivity index is 1.43. The van der Waals surface area contributed by atoms with Gasteiger partial charge >= 0.3 is 7.82 Å². The van der Waals surface area contributed by atoms with Gasteiger partial charge < -0.3 is 9.84 Å². The van der Waals surface area contributed by atoms with E-state index < -0.39 is 14.5 Å². The van der Waals surface area contributed by atoms with Crippen molar-refractivity contribution in [2.24, 2.45) is 5.41 Å². The zero-order valence-corrected chi connectivity index (χ0v) is 28.1. The fourth-order valence-corrected chi connectivity index (χ4v) is 8.13. The van der Waals surface area contributed by atoms with Crippen LogP contribution in [0.2, 0.25) is 0 Å². The first-order valence-corrected chi connectivity index (χ1v) is 19.7. The molecule has 2 N–H and O–H groups in total. The largest absolute Gasteiger partial charge is 0.527 e. The topological polar surface area (TPSA) is 67.8 Å². The Morgan fingerprint density at radius 3 is 1.93 bits per heavy atom. The third-order valence-electron chi connectivity index (χ3n) is 9.38. The molecule has 1 aliphatic carbocycles. The van der Waals surface area contributed by atoms with E-state index in [-0.39, 0.29) is 11.3 Å². The molecule has 1 aromatic rings. The van der Waals surface area contributed by atoms with Crippen LogP contribution in [0.3, 0.4) is 0 Å². The van der Waals surface area contributed by atoms with Crippen LogP contribution in [0.4, 0.5) is 4.39 Å². The van der Waals surface area contributed by atoms with Gasteiger partial charge in [-0.25, -0.2) is 8.96 Å². The highest BCUT2D eigenvalue weighted by Gasteiger charge is 2.51. The number of hydrogen-bond acceptors (Lipinski definition) is 5. The van der Waals surface area contributed by atoms with Crippen LogP contribution < -0.4 is 9.84 Å². The van der Waals surface area contributed by atoms with E-state index >= 15 is 0 Å². The second-order valence-corrected chi connectivity index (χ2v) is 15.5. The van der Waals surface area contributed by atoms with Crippen molar-refractivity contribution in [2.75, 3.05) is 25.2 Å². The summed E-state index contributed by atoms with van der Waals surface area (Å²) in [5.41, 5.74) is 1.74. The van der Waals surface area contributed by atoms with Crippen molar-refractivity contribution in [2.45, 2.75) is 148 Å². The smallest absolute Gasteiger partial charge is 0.404 e. The van der Waals surface area contributed by atoms with Crippen LogP contribution >= 0.6 is 19.6 Å². The first kappa shape index (κ1) is 35.9. The number of nitrogens with one attached hydrogen (secondary N) is 1. The van der Waals surface area contributed by atoms with Gasteiger partial charge in [0.1, 0.15) is 12.4 Å². The lowest BCUT2D eigenvalue weighted by Crippen LogP contribution is -2.25. The van der Waals surface area contributed by atoms with E-state index in [1.54, 1.807) is 12.1 Å². The Morgan fingerprint density at radius 1 is 0.881 bits per heavy atom. The van der Waals surface area contributed by atoms with E-state index in [0.717, 1.165) is 25.6 Å². The zero-order chi connectivity index (χ0) is 29.9. The van der Waals surface area contributed by atoms with Crippen LogP contribution in [0.1, 0.15) is 140 Å².